The van der Waals surface area contributed by atoms with Gasteiger partial charge in [0.25, 0.3) is 11.8 Å². The van der Waals surface area contributed by atoms with Crippen molar-refractivity contribution in [2.75, 3.05) is 4.90 Å². The Morgan fingerprint density at radius 2 is 1.76 bits per heavy atom. The average Bonchev–Trinajstić information content (AvgIpc) is 2.79. The third-order valence-electron chi connectivity index (χ3n) is 5.46. The van der Waals surface area contributed by atoms with Gasteiger partial charge in [-0.05, 0) is 82.9 Å². The zero-order valence-corrected chi connectivity index (χ0v) is 20.7. The Balaban J connectivity index is 1.58. The van der Waals surface area contributed by atoms with Gasteiger partial charge in [-0.15, -0.1) is 0 Å². The first kappa shape index (κ1) is 23.7. The van der Waals surface area contributed by atoms with Gasteiger partial charge >= 0.3 is 6.03 Å². The number of rotatable bonds is 5. The van der Waals surface area contributed by atoms with Crippen molar-refractivity contribution in [2.24, 2.45) is 0 Å². The van der Waals surface area contributed by atoms with E-state index in [4.69, 9.17) is 16.3 Å². The van der Waals surface area contributed by atoms with Crippen LogP contribution < -0.4 is 15.0 Å². The summed E-state index contributed by atoms with van der Waals surface area (Å²) in [6, 6.07) is 17.0. The minimum Gasteiger partial charge on any atom is -0.488 e. The lowest BCUT2D eigenvalue weighted by Crippen LogP contribution is -2.54. The van der Waals surface area contributed by atoms with Crippen molar-refractivity contribution in [2.45, 2.75) is 20.5 Å². The molecule has 34 heavy (non-hydrogen) atoms. The predicted octanol–water partition coefficient (Wildman–Crippen LogP) is 5.96. The number of urea groups is 1. The lowest BCUT2D eigenvalue weighted by Gasteiger charge is -2.26. The highest BCUT2D eigenvalue weighted by Gasteiger charge is 2.36. The van der Waals surface area contributed by atoms with Crippen molar-refractivity contribution >= 4 is 57.1 Å². The molecule has 1 fully saturated rings. The van der Waals surface area contributed by atoms with E-state index in [0.29, 0.717) is 26.5 Å². The van der Waals surface area contributed by atoms with Crippen molar-refractivity contribution in [1.82, 2.24) is 5.32 Å². The maximum atomic E-state index is 13.1. The summed E-state index contributed by atoms with van der Waals surface area (Å²) in [5.41, 5.74) is 3.65. The SMILES string of the molecule is Cc1ccc(N2C(=O)NC(=O)/C(=C\c3ccc(OCc4ccccc4Cl)c(Br)c3)C2=O)cc1C. The van der Waals surface area contributed by atoms with Gasteiger partial charge in [0.05, 0.1) is 10.2 Å². The Labute approximate surface area is 210 Å². The first-order valence-electron chi connectivity index (χ1n) is 10.4. The third-order valence-corrected chi connectivity index (χ3v) is 6.45. The zero-order valence-electron chi connectivity index (χ0n) is 18.4. The number of amides is 4. The summed E-state index contributed by atoms with van der Waals surface area (Å²) in [6.45, 7) is 4.11. The average molecular weight is 540 g/mol. The number of nitrogens with zero attached hydrogens (tertiary/aromatic N) is 1. The van der Waals surface area contributed by atoms with E-state index in [1.54, 1.807) is 36.4 Å². The van der Waals surface area contributed by atoms with E-state index in [1.807, 2.05) is 38.1 Å². The van der Waals surface area contributed by atoms with E-state index in [2.05, 4.69) is 21.2 Å². The molecule has 1 heterocycles. The van der Waals surface area contributed by atoms with Crippen LogP contribution in [0.3, 0.4) is 0 Å². The second kappa shape index (κ2) is 9.83. The summed E-state index contributed by atoms with van der Waals surface area (Å²) in [7, 11) is 0. The van der Waals surface area contributed by atoms with Gasteiger partial charge in [0.1, 0.15) is 17.9 Å². The van der Waals surface area contributed by atoms with Crippen LogP contribution >= 0.6 is 27.5 Å². The van der Waals surface area contributed by atoms with Gasteiger partial charge in [-0.25, -0.2) is 9.69 Å². The van der Waals surface area contributed by atoms with Crippen LogP contribution in [0.5, 0.6) is 5.75 Å². The second-order valence-corrected chi connectivity index (χ2v) is 9.06. The molecule has 3 aromatic carbocycles. The summed E-state index contributed by atoms with van der Waals surface area (Å²) < 4.78 is 6.49. The molecule has 0 radical (unpaired) electrons. The number of anilines is 1. The number of benzene rings is 3. The standard InChI is InChI=1S/C26H20BrClN2O4/c1-15-7-9-19(11-16(15)2)30-25(32)20(24(31)29-26(30)33)12-17-8-10-23(21(27)13-17)34-14-18-5-3-4-6-22(18)28/h3-13H,14H2,1-2H3,(H,29,31,33)/b20-12+. The van der Waals surface area contributed by atoms with Gasteiger partial charge in [-0.2, -0.15) is 0 Å². The molecule has 3 aromatic rings. The van der Waals surface area contributed by atoms with Gasteiger partial charge in [-0.3, -0.25) is 14.9 Å². The molecule has 0 unspecified atom stereocenters. The molecule has 0 atom stereocenters. The molecule has 1 aliphatic rings. The van der Waals surface area contributed by atoms with E-state index in [1.165, 1.54) is 6.08 Å². The van der Waals surface area contributed by atoms with Gasteiger partial charge < -0.3 is 4.74 Å². The Morgan fingerprint density at radius 1 is 1.00 bits per heavy atom. The summed E-state index contributed by atoms with van der Waals surface area (Å²) in [4.78, 5) is 39.0. The van der Waals surface area contributed by atoms with E-state index in [9.17, 15) is 14.4 Å². The molecular formula is C26H20BrClN2O4. The number of nitrogens with one attached hydrogen (secondary N) is 1. The Kier molecular flexibility index (Phi) is 6.86. The fourth-order valence-corrected chi connectivity index (χ4v) is 4.12. The maximum absolute atomic E-state index is 13.1. The molecule has 1 saturated heterocycles. The lowest BCUT2D eigenvalue weighted by atomic mass is 10.1. The van der Waals surface area contributed by atoms with Crippen LogP contribution in [-0.4, -0.2) is 17.8 Å². The maximum Gasteiger partial charge on any atom is 0.335 e. The number of halogens is 2. The molecule has 1 aliphatic heterocycles. The van der Waals surface area contributed by atoms with Crippen LogP contribution in [-0.2, 0) is 16.2 Å². The van der Waals surface area contributed by atoms with Crippen molar-refractivity contribution in [3.8, 4) is 5.75 Å². The predicted molar refractivity (Wildman–Crippen MR) is 135 cm³/mol. The van der Waals surface area contributed by atoms with Gasteiger partial charge in [0, 0.05) is 10.6 Å². The number of imide groups is 2. The summed E-state index contributed by atoms with van der Waals surface area (Å²) in [5.74, 6) is -0.856. The zero-order chi connectivity index (χ0) is 24.4. The molecule has 8 heteroatoms. The van der Waals surface area contributed by atoms with E-state index in [-0.39, 0.29) is 12.2 Å². The smallest absolute Gasteiger partial charge is 0.335 e. The van der Waals surface area contributed by atoms with Crippen LogP contribution in [0, 0.1) is 13.8 Å². The topological polar surface area (TPSA) is 75.7 Å². The fourth-order valence-electron chi connectivity index (χ4n) is 3.42. The normalized spacial score (nSPS) is 15.0. The molecule has 0 aromatic heterocycles. The minimum atomic E-state index is -0.778. The molecule has 4 amide bonds. The third kappa shape index (κ3) is 4.90. The summed E-state index contributed by atoms with van der Waals surface area (Å²) in [6.07, 6.45) is 1.45. The number of ether oxygens (including phenoxy) is 1. The molecule has 0 bridgehead atoms. The molecule has 4 rings (SSSR count). The number of hydrogen-bond acceptors (Lipinski definition) is 4. The van der Waals surface area contributed by atoms with Gasteiger partial charge in [0.2, 0.25) is 0 Å². The van der Waals surface area contributed by atoms with Crippen LogP contribution in [0.4, 0.5) is 10.5 Å². The number of barbiturate groups is 1. The molecule has 6 nitrogen and oxygen atoms in total. The number of carbonyl (C=O) groups is 3. The highest BCUT2D eigenvalue weighted by molar-refractivity contribution is 9.10. The molecule has 0 saturated carbocycles. The number of carbonyl (C=O) groups excluding carboxylic acids is 3. The van der Waals surface area contributed by atoms with Crippen molar-refractivity contribution < 1.29 is 19.1 Å². The van der Waals surface area contributed by atoms with Crippen LogP contribution in [0.15, 0.2) is 70.7 Å². The first-order chi connectivity index (χ1) is 16.2. The van der Waals surface area contributed by atoms with E-state index < -0.39 is 17.8 Å². The van der Waals surface area contributed by atoms with E-state index in [0.717, 1.165) is 21.6 Å². The molecule has 0 spiro atoms. The Hall–Kier alpha value is -3.42. The quantitative estimate of drug-likeness (QED) is 0.320. The van der Waals surface area contributed by atoms with Crippen molar-refractivity contribution in [1.29, 1.82) is 0 Å². The Bertz CT molecular complexity index is 1350. The van der Waals surface area contributed by atoms with Crippen molar-refractivity contribution in [3.63, 3.8) is 0 Å². The molecule has 172 valence electrons. The highest BCUT2D eigenvalue weighted by Crippen LogP contribution is 2.30. The molecular weight excluding hydrogens is 520 g/mol. The first-order valence-corrected chi connectivity index (χ1v) is 11.6. The minimum absolute atomic E-state index is 0.144. The summed E-state index contributed by atoms with van der Waals surface area (Å²) in [5, 5.41) is 2.86. The fraction of sp³-hybridized carbons (Fsp3) is 0.115. The second-order valence-electron chi connectivity index (χ2n) is 7.80. The number of hydrogen-bond donors (Lipinski definition) is 1. The Morgan fingerprint density at radius 3 is 2.47 bits per heavy atom. The van der Waals surface area contributed by atoms with E-state index >= 15 is 0 Å². The number of aryl methyl sites for hydroxylation is 2. The highest BCUT2D eigenvalue weighted by atomic mass is 79.9. The van der Waals surface area contributed by atoms with Crippen molar-refractivity contribution in [3.05, 3.63) is 98.0 Å². The van der Waals surface area contributed by atoms with Crippen LogP contribution in [0.1, 0.15) is 22.3 Å². The summed E-state index contributed by atoms with van der Waals surface area (Å²) >= 11 is 9.65. The van der Waals surface area contributed by atoms with Gasteiger partial charge in [-0.1, -0.05) is 41.9 Å². The van der Waals surface area contributed by atoms with Gasteiger partial charge in [0.15, 0.2) is 0 Å². The molecule has 0 aliphatic carbocycles. The lowest BCUT2D eigenvalue weighted by molar-refractivity contribution is -0.122. The largest absolute Gasteiger partial charge is 0.488 e. The van der Waals surface area contributed by atoms with Crippen LogP contribution in [0.2, 0.25) is 5.02 Å². The molecule has 1 N–H and O–H groups in total. The monoisotopic (exact) mass is 538 g/mol. The van der Waals surface area contributed by atoms with Crippen LogP contribution in [0.25, 0.3) is 6.08 Å².